The number of benzene rings is 3. The largest absolute Gasteiger partial charge is 0.416 e. The Morgan fingerprint density at radius 1 is 0.821 bits per heavy atom. The molecule has 0 aliphatic carbocycles. The van der Waals surface area contributed by atoms with Gasteiger partial charge in [-0.1, -0.05) is 48.0 Å². The third-order valence-corrected chi connectivity index (χ3v) is 4.16. The van der Waals surface area contributed by atoms with Gasteiger partial charge in [-0.25, -0.2) is 0 Å². The Morgan fingerprint density at radius 2 is 1.50 bits per heavy atom. The standard InChI is InChI=1S/C22H16F3NO2/c1-14-10-11-19(18(12-14)20(27)15-6-3-2-4-7-15)26-21(28)16-8-5-9-17(13-16)22(23,24)25/h2-13H,1H3,(H,26,28). The molecule has 0 spiro atoms. The van der Waals surface area contributed by atoms with Crippen LogP contribution in [0.2, 0.25) is 0 Å². The highest BCUT2D eigenvalue weighted by Crippen LogP contribution is 2.30. The fraction of sp³-hybridized carbons (Fsp3) is 0.0909. The molecule has 3 aromatic rings. The van der Waals surface area contributed by atoms with Gasteiger partial charge in [-0.2, -0.15) is 13.2 Å². The van der Waals surface area contributed by atoms with E-state index in [0.717, 1.165) is 17.7 Å². The van der Waals surface area contributed by atoms with Gasteiger partial charge in [0.25, 0.3) is 5.91 Å². The van der Waals surface area contributed by atoms with Crippen molar-refractivity contribution in [2.75, 3.05) is 5.32 Å². The van der Waals surface area contributed by atoms with Crippen LogP contribution in [0.3, 0.4) is 0 Å². The summed E-state index contributed by atoms with van der Waals surface area (Å²) < 4.78 is 38.7. The lowest BCUT2D eigenvalue weighted by atomic mass is 9.99. The zero-order valence-electron chi connectivity index (χ0n) is 14.9. The third kappa shape index (κ3) is 4.28. The van der Waals surface area contributed by atoms with E-state index in [9.17, 15) is 22.8 Å². The van der Waals surface area contributed by atoms with Crippen LogP contribution in [0.5, 0.6) is 0 Å². The van der Waals surface area contributed by atoms with E-state index >= 15 is 0 Å². The highest BCUT2D eigenvalue weighted by atomic mass is 19.4. The van der Waals surface area contributed by atoms with Gasteiger partial charge in [0, 0.05) is 16.7 Å². The quantitative estimate of drug-likeness (QED) is 0.605. The van der Waals surface area contributed by atoms with Crippen LogP contribution >= 0.6 is 0 Å². The highest BCUT2D eigenvalue weighted by molar-refractivity contribution is 6.15. The summed E-state index contributed by atoms with van der Waals surface area (Å²) in [5.41, 5.74) is 0.713. The average Bonchev–Trinajstić information content (AvgIpc) is 2.69. The molecule has 142 valence electrons. The molecule has 0 saturated carbocycles. The second kappa shape index (κ2) is 7.68. The lowest BCUT2D eigenvalue weighted by molar-refractivity contribution is -0.137. The van der Waals surface area contributed by atoms with Crippen LogP contribution in [-0.2, 0) is 6.18 Å². The van der Waals surface area contributed by atoms with Crippen molar-refractivity contribution in [2.45, 2.75) is 13.1 Å². The van der Waals surface area contributed by atoms with Crippen molar-refractivity contribution in [3.63, 3.8) is 0 Å². The molecule has 0 aliphatic rings. The van der Waals surface area contributed by atoms with Crippen molar-refractivity contribution < 1.29 is 22.8 Å². The summed E-state index contributed by atoms with van der Waals surface area (Å²) in [6, 6.07) is 17.6. The molecular formula is C22H16F3NO2. The fourth-order valence-corrected chi connectivity index (χ4v) is 2.73. The number of anilines is 1. The number of rotatable bonds is 4. The summed E-state index contributed by atoms with van der Waals surface area (Å²) in [4.78, 5) is 25.3. The lowest BCUT2D eigenvalue weighted by Gasteiger charge is -2.13. The van der Waals surface area contributed by atoms with Gasteiger partial charge < -0.3 is 5.32 Å². The Bertz CT molecular complexity index is 1030. The second-order valence-electron chi connectivity index (χ2n) is 6.28. The van der Waals surface area contributed by atoms with E-state index in [1.54, 1.807) is 55.5 Å². The van der Waals surface area contributed by atoms with Gasteiger partial charge in [-0.15, -0.1) is 0 Å². The zero-order valence-corrected chi connectivity index (χ0v) is 14.9. The van der Waals surface area contributed by atoms with Gasteiger partial charge in [0.1, 0.15) is 0 Å². The van der Waals surface area contributed by atoms with Crippen LogP contribution in [-0.4, -0.2) is 11.7 Å². The number of aryl methyl sites for hydroxylation is 1. The van der Waals surface area contributed by atoms with E-state index in [2.05, 4.69) is 5.32 Å². The predicted octanol–water partition coefficient (Wildman–Crippen LogP) is 5.50. The van der Waals surface area contributed by atoms with Gasteiger partial charge >= 0.3 is 6.18 Å². The number of carbonyl (C=O) groups is 2. The molecule has 3 rings (SSSR count). The molecule has 6 heteroatoms. The molecule has 0 saturated heterocycles. The predicted molar refractivity (Wildman–Crippen MR) is 100 cm³/mol. The molecule has 0 aliphatic heterocycles. The maximum atomic E-state index is 12.9. The van der Waals surface area contributed by atoms with Crippen molar-refractivity contribution in [3.05, 3.63) is 101 Å². The first-order valence-corrected chi connectivity index (χ1v) is 8.45. The molecule has 0 fully saturated rings. The number of hydrogen-bond acceptors (Lipinski definition) is 2. The lowest BCUT2D eigenvalue weighted by Crippen LogP contribution is -2.16. The Hall–Kier alpha value is -3.41. The maximum absolute atomic E-state index is 12.9. The first-order chi connectivity index (χ1) is 13.3. The van der Waals surface area contributed by atoms with Crippen LogP contribution < -0.4 is 5.32 Å². The summed E-state index contributed by atoms with van der Waals surface area (Å²) in [5.74, 6) is -1.01. The molecule has 0 atom stereocenters. The summed E-state index contributed by atoms with van der Waals surface area (Å²) >= 11 is 0. The van der Waals surface area contributed by atoms with Gasteiger partial charge in [0.05, 0.1) is 11.3 Å². The van der Waals surface area contributed by atoms with Crippen molar-refractivity contribution in [1.29, 1.82) is 0 Å². The van der Waals surface area contributed by atoms with E-state index in [1.807, 2.05) is 0 Å². The minimum atomic E-state index is -4.55. The fourth-order valence-electron chi connectivity index (χ4n) is 2.73. The Labute approximate surface area is 159 Å². The molecular weight excluding hydrogens is 367 g/mol. The Balaban J connectivity index is 1.93. The summed E-state index contributed by atoms with van der Waals surface area (Å²) in [6.07, 6.45) is -4.55. The van der Waals surface area contributed by atoms with Gasteiger partial charge in [-0.3, -0.25) is 9.59 Å². The first-order valence-electron chi connectivity index (χ1n) is 8.45. The minimum Gasteiger partial charge on any atom is -0.321 e. The molecule has 28 heavy (non-hydrogen) atoms. The van der Waals surface area contributed by atoms with Gasteiger partial charge in [0.15, 0.2) is 5.78 Å². The molecule has 0 radical (unpaired) electrons. The molecule has 3 nitrogen and oxygen atoms in total. The van der Waals surface area contributed by atoms with E-state index in [0.29, 0.717) is 5.56 Å². The topological polar surface area (TPSA) is 46.2 Å². The molecule has 0 bridgehead atoms. The maximum Gasteiger partial charge on any atom is 0.416 e. The molecule has 0 heterocycles. The number of carbonyl (C=O) groups excluding carboxylic acids is 2. The molecule has 0 unspecified atom stereocenters. The van der Waals surface area contributed by atoms with Crippen molar-refractivity contribution in [2.24, 2.45) is 0 Å². The van der Waals surface area contributed by atoms with Crippen LogP contribution in [0, 0.1) is 6.92 Å². The van der Waals surface area contributed by atoms with Crippen LogP contribution in [0.1, 0.15) is 37.4 Å². The van der Waals surface area contributed by atoms with Gasteiger partial charge in [-0.05, 0) is 37.3 Å². The normalized spacial score (nSPS) is 11.1. The molecule has 0 aromatic heterocycles. The summed E-state index contributed by atoms with van der Waals surface area (Å²) in [6.45, 7) is 1.81. The number of halogens is 3. The Kier molecular flexibility index (Phi) is 5.31. The van der Waals surface area contributed by atoms with E-state index in [-0.39, 0.29) is 22.6 Å². The molecule has 3 aromatic carbocycles. The third-order valence-electron chi connectivity index (χ3n) is 4.16. The molecule has 1 amide bonds. The first kappa shape index (κ1) is 19.4. The number of amides is 1. The van der Waals surface area contributed by atoms with Crippen LogP contribution in [0.25, 0.3) is 0 Å². The minimum absolute atomic E-state index is 0.145. The number of ketones is 1. The average molecular weight is 383 g/mol. The monoisotopic (exact) mass is 383 g/mol. The van der Waals surface area contributed by atoms with Crippen LogP contribution in [0.15, 0.2) is 72.8 Å². The summed E-state index contributed by atoms with van der Waals surface area (Å²) in [5, 5.41) is 2.56. The van der Waals surface area contributed by atoms with Crippen molar-refractivity contribution >= 4 is 17.4 Å². The highest BCUT2D eigenvalue weighted by Gasteiger charge is 2.31. The number of hydrogen-bond donors (Lipinski definition) is 1. The summed E-state index contributed by atoms with van der Waals surface area (Å²) in [7, 11) is 0. The van der Waals surface area contributed by atoms with E-state index < -0.39 is 17.6 Å². The van der Waals surface area contributed by atoms with Crippen molar-refractivity contribution in [3.8, 4) is 0 Å². The number of alkyl halides is 3. The van der Waals surface area contributed by atoms with E-state index in [4.69, 9.17) is 0 Å². The van der Waals surface area contributed by atoms with Gasteiger partial charge in [0.2, 0.25) is 0 Å². The number of nitrogens with one attached hydrogen (secondary N) is 1. The zero-order chi connectivity index (χ0) is 20.3. The van der Waals surface area contributed by atoms with Crippen LogP contribution in [0.4, 0.5) is 18.9 Å². The SMILES string of the molecule is Cc1ccc(NC(=O)c2cccc(C(F)(F)F)c2)c(C(=O)c2ccccc2)c1. The second-order valence-corrected chi connectivity index (χ2v) is 6.28. The van der Waals surface area contributed by atoms with Crippen molar-refractivity contribution in [1.82, 2.24) is 0 Å². The Morgan fingerprint density at radius 3 is 2.18 bits per heavy atom. The van der Waals surface area contributed by atoms with E-state index in [1.165, 1.54) is 12.1 Å². The smallest absolute Gasteiger partial charge is 0.321 e. The molecule has 1 N–H and O–H groups in total.